The van der Waals surface area contributed by atoms with E-state index in [1.165, 1.54) is 0 Å². The van der Waals surface area contributed by atoms with Crippen molar-refractivity contribution in [2.75, 3.05) is 0 Å². The summed E-state index contributed by atoms with van der Waals surface area (Å²) in [6.07, 6.45) is 9.87. The second-order valence-electron chi connectivity index (χ2n) is 3.74. The quantitative estimate of drug-likeness (QED) is 0.362. The maximum Gasteiger partial charge on any atom is 0.100 e. The summed E-state index contributed by atoms with van der Waals surface area (Å²) in [4.78, 5) is 0. The van der Waals surface area contributed by atoms with Crippen molar-refractivity contribution in [1.82, 2.24) is 0 Å². The smallest absolute Gasteiger partial charge is 0.100 e. The summed E-state index contributed by atoms with van der Waals surface area (Å²) in [5.41, 5.74) is 1.07. The van der Waals surface area contributed by atoms with E-state index >= 15 is 0 Å². The van der Waals surface area contributed by atoms with Crippen LogP contribution in [0.3, 0.4) is 0 Å². The molecular formula is C14H20N2. The van der Waals surface area contributed by atoms with Crippen molar-refractivity contribution in [3.63, 3.8) is 0 Å². The van der Waals surface area contributed by atoms with E-state index in [0.717, 1.165) is 38.5 Å². The standard InChI is InChI=1S/C14H20N2/c1-3-5-7-9-13(11-15)14(12-16)10-8-6-4-2/h9-10H,3-8H2,1-2H3. The van der Waals surface area contributed by atoms with Crippen molar-refractivity contribution in [2.45, 2.75) is 52.4 Å². The highest BCUT2D eigenvalue weighted by atomic mass is 14.3. The predicted molar refractivity (Wildman–Crippen MR) is 66.4 cm³/mol. The Kier molecular flexibility index (Phi) is 9.03. The zero-order valence-electron chi connectivity index (χ0n) is 10.3. The summed E-state index contributed by atoms with van der Waals surface area (Å²) in [5, 5.41) is 17.9. The zero-order valence-corrected chi connectivity index (χ0v) is 10.3. The summed E-state index contributed by atoms with van der Waals surface area (Å²) in [5.74, 6) is 0. The van der Waals surface area contributed by atoms with Crippen LogP contribution >= 0.6 is 0 Å². The lowest BCUT2D eigenvalue weighted by molar-refractivity contribution is 0.809. The van der Waals surface area contributed by atoms with E-state index in [1.54, 1.807) is 0 Å². The van der Waals surface area contributed by atoms with Gasteiger partial charge in [-0.1, -0.05) is 51.7 Å². The number of hydrogen-bond acceptors (Lipinski definition) is 2. The molecule has 0 unspecified atom stereocenters. The Labute approximate surface area is 98.9 Å². The van der Waals surface area contributed by atoms with E-state index in [4.69, 9.17) is 10.5 Å². The first-order chi connectivity index (χ1) is 7.79. The van der Waals surface area contributed by atoms with Crippen molar-refractivity contribution < 1.29 is 0 Å². The highest BCUT2D eigenvalue weighted by Crippen LogP contribution is 2.12. The largest absolute Gasteiger partial charge is 0.192 e. The van der Waals surface area contributed by atoms with E-state index in [0.29, 0.717) is 11.1 Å². The second-order valence-corrected chi connectivity index (χ2v) is 3.74. The maximum atomic E-state index is 8.97. The van der Waals surface area contributed by atoms with Gasteiger partial charge in [0.1, 0.15) is 12.1 Å². The summed E-state index contributed by atoms with van der Waals surface area (Å²) < 4.78 is 0. The first-order valence-electron chi connectivity index (χ1n) is 6.01. The first kappa shape index (κ1) is 14.5. The van der Waals surface area contributed by atoms with Gasteiger partial charge in [-0.05, 0) is 12.8 Å². The van der Waals surface area contributed by atoms with Crippen molar-refractivity contribution >= 4 is 0 Å². The molecule has 0 heterocycles. The molecule has 0 rings (SSSR count). The molecule has 0 aromatic heterocycles. The Balaban J connectivity index is 4.53. The van der Waals surface area contributed by atoms with Gasteiger partial charge in [-0.3, -0.25) is 0 Å². The molecule has 0 atom stereocenters. The molecule has 16 heavy (non-hydrogen) atoms. The van der Waals surface area contributed by atoms with Crippen molar-refractivity contribution in [3.05, 3.63) is 23.3 Å². The topological polar surface area (TPSA) is 47.6 Å². The lowest BCUT2D eigenvalue weighted by Crippen LogP contribution is -1.85. The fourth-order valence-corrected chi connectivity index (χ4v) is 1.33. The Hall–Kier alpha value is -1.54. The number of rotatable bonds is 7. The lowest BCUT2D eigenvalue weighted by Gasteiger charge is -1.97. The van der Waals surface area contributed by atoms with Gasteiger partial charge in [-0.15, -0.1) is 0 Å². The SMILES string of the molecule is CCCCC=C(C#N)C(C#N)=CCCCC. The monoisotopic (exact) mass is 216 g/mol. The Morgan fingerprint density at radius 3 is 1.50 bits per heavy atom. The molecule has 0 bridgehead atoms. The third-order valence-corrected chi connectivity index (χ3v) is 2.34. The Morgan fingerprint density at radius 1 is 0.875 bits per heavy atom. The molecule has 0 aliphatic heterocycles. The van der Waals surface area contributed by atoms with Crippen LogP contribution in [0.2, 0.25) is 0 Å². The normalized spacial score (nSPS) is 12.0. The third-order valence-electron chi connectivity index (χ3n) is 2.34. The average Bonchev–Trinajstić information content (AvgIpc) is 2.31. The van der Waals surface area contributed by atoms with Gasteiger partial charge in [0.05, 0.1) is 11.1 Å². The van der Waals surface area contributed by atoms with Crippen molar-refractivity contribution in [2.24, 2.45) is 0 Å². The molecule has 0 aromatic carbocycles. The molecule has 0 N–H and O–H groups in total. The Bertz CT molecular complexity index is 290. The van der Waals surface area contributed by atoms with Crippen LogP contribution in [-0.2, 0) is 0 Å². The molecule has 86 valence electrons. The minimum atomic E-state index is 0.534. The molecule has 2 heteroatoms. The van der Waals surface area contributed by atoms with Crippen LogP contribution < -0.4 is 0 Å². The summed E-state index contributed by atoms with van der Waals surface area (Å²) in [6.45, 7) is 4.23. The van der Waals surface area contributed by atoms with Gasteiger partial charge >= 0.3 is 0 Å². The number of nitriles is 2. The summed E-state index contributed by atoms with van der Waals surface area (Å²) in [6, 6.07) is 4.22. The van der Waals surface area contributed by atoms with Crippen molar-refractivity contribution in [3.8, 4) is 12.1 Å². The molecule has 0 aromatic rings. The second kappa shape index (κ2) is 9.99. The van der Waals surface area contributed by atoms with Gasteiger partial charge in [0.25, 0.3) is 0 Å². The molecular weight excluding hydrogens is 196 g/mol. The van der Waals surface area contributed by atoms with Crippen LogP contribution in [0.25, 0.3) is 0 Å². The molecule has 0 fully saturated rings. The summed E-state index contributed by atoms with van der Waals surface area (Å²) >= 11 is 0. The van der Waals surface area contributed by atoms with Gasteiger partial charge in [-0.25, -0.2) is 0 Å². The Morgan fingerprint density at radius 2 is 1.25 bits per heavy atom. The fraction of sp³-hybridized carbons (Fsp3) is 0.571. The average molecular weight is 216 g/mol. The number of unbranched alkanes of at least 4 members (excludes halogenated alkanes) is 4. The molecule has 0 amide bonds. The molecule has 0 saturated heterocycles. The van der Waals surface area contributed by atoms with E-state index in [2.05, 4.69) is 26.0 Å². The lowest BCUT2D eigenvalue weighted by atomic mass is 10.0. The van der Waals surface area contributed by atoms with Gasteiger partial charge in [-0.2, -0.15) is 10.5 Å². The van der Waals surface area contributed by atoms with E-state index in [-0.39, 0.29) is 0 Å². The third kappa shape index (κ3) is 6.04. The first-order valence-corrected chi connectivity index (χ1v) is 6.01. The minimum Gasteiger partial charge on any atom is -0.192 e. The zero-order chi connectivity index (χ0) is 12.2. The van der Waals surface area contributed by atoms with Crippen LogP contribution in [0.15, 0.2) is 23.3 Å². The fourth-order valence-electron chi connectivity index (χ4n) is 1.33. The van der Waals surface area contributed by atoms with Crippen LogP contribution in [0.4, 0.5) is 0 Å². The van der Waals surface area contributed by atoms with Crippen LogP contribution in [0.5, 0.6) is 0 Å². The van der Waals surface area contributed by atoms with Gasteiger partial charge in [0, 0.05) is 0 Å². The predicted octanol–water partition coefficient (Wildman–Crippen LogP) is 4.27. The van der Waals surface area contributed by atoms with Crippen LogP contribution in [0, 0.1) is 22.7 Å². The van der Waals surface area contributed by atoms with Gasteiger partial charge in [0.2, 0.25) is 0 Å². The van der Waals surface area contributed by atoms with E-state index in [9.17, 15) is 0 Å². The van der Waals surface area contributed by atoms with E-state index < -0.39 is 0 Å². The number of hydrogen-bond donors (Lipinski definition) is 0. The number of nitrogens with zero attached hydrogens (tertiary/aromatic N) is 2. The molecule has 0 radical (unpaired) electrons. The van der Waals surface area contributed by atoms with Crippen LogP contribution in [0.1, 0.15) is 52.4 Å². The van der Waals surface area contributed by atoms with Gasteiger partial charge < -0.3 is 0 Å². The van der Waals surface area contributed by atoms with Crippen molar-refractivity contribution in [1.29, 1.82) is 10.5 Å². The molecule has 0 aliphatic carbocycles. The molecule has 0 spiro atoms. The highest BCUT2D eigenvalue weighted by Gasteiger charge is 2.02. The van der Waals surface area contributed by atoms with Gasteiger partial charge in [0.15, 0.2) is 0 Å². The minimum absolute atomic E-state index is 0.534. The number of allylic oxidation sites excluding steroid dienone is 4. The van der Waals surface area contributed by atoms with Crippen LogP contribution in [-0.4, -0.2) is 0 Å². The van der Waals surface area contributed by atoms with E-state index in [1.807, 2.05) is 12.2 Å². The summed E-state index contributed by atoms with van der Waals surface area (Å²) in [7, 11) is 0. The molecule has 2 nitrogen and oxygen atoms in total. The molecule has 0 aliphatic rings. The maximum absolute atomic E-state index is 8.97. The molecule has 0 saturated carbocycles. The highest BCUT2D eigenvalue weighted by molar-refractivity contribution is 5.49.